The zero-order chi connectivity index (χ0) is 19.3. The quantitative estimate of drug-likeness (QED) is 0.382. The zero-order valence-corrected chi connectivity index (χ0v) is 16.1. The van der Waals surface area contributed by atoms with Gasteiger partial charge in [-0.3, -0.25) is 0 Å². The number of halogens is 1. The Kier molecular flexibility index (Phi) is 5.31. The summed E-state index contributed by atoms with van der Waals surface area (Å²) in [4.78, 5) is 0. The van der Waals surface area contributed by atoms with Gasteiger partial charge in [0.2, 0.25) is 0 Å². The molecule has 0 fully saturated rings. The number of hydrogen-bond acceptors (Lipinski definition) is 2. The van der Waals surface area contributed by atoms with E-state index in [1.807, 2.05) is 54.6 Å². The highest BCUT2D eigenvalue weighted by molar-refractivity contribution is 6.31. The summed E-state index contributed by atoms with van der Waals surface area (Å²) >= 11 is 6.31. The van der Waals surface area contributed by atoms with Crippen LogP contribution in [0.4, 0.5) is 5.69 Å². The minimum Gasteiger partial charge on any atom is -0.487 e. The molecule has 4 aromatic rings. The van der Waals surface area contributed by atoms with Gasteiger partial charge < -0.3 is 10.5 Å². The first-order valence-electron chi connectivity index (χ1n) is 9.12. The van der Waals surface area contributed by atoms with Crippen LogP contribution in [0.2, 0.25) is 5.02 Å². The molecule has 0 spiro atoms. The van der Waals surface area contributed by atoms with Gasteiger partial charge in [-0.15, -0.1) is 0 Å². The highest BCUT2D eigenvalue weighted by atomic mass is 35.5. The largest absolute Gasteiger partial charge is 0.487 e. The van der Waals surface area contributed by atoms with Gasteiger partial charge in [0.15, 0.2) is 0 Å². The third kappa shape index (κ3) is 4.03. The van der Waals surface area contributed by atoms with Crippen LogP contribution < -0.4 is 10.5 Å². The Morgan fingerprint density at radius 2 is 1.25 bits per heavy atom. The van der Waals surface area contributed by atoms with Crippen molar-refractivity contribution >= 4 is 17.3 Å². The molecule has 0 aliphatic heterocycles. The van der Waals surface area contributed by atoms with Gasteiger partial charge in [-0.25, -0.2) is 0 Å². The maximum atomic E-state index is 6.36. The Labute approximate surface area is 170 Å². The van der Waals surface area contributed by atoms with Gasteiger partial charge in [-0.05, 0) is 28.3 Å². The number of anilines is 1. The van der Waals surface area contributed by atoms with Crippen LogP contribution in [0.25, 0.3) is 22.3 Å². The van der Waals surface area contributed by atoms with Gasteiger partial charge >= 0.3 is 0 Å². The molecule has 3 heteroatoms. The van der Waals surface area contributed by atoms with Crippen LogP contribution in [0.5, 0.6) is 5.75 Å². The maximum absolute atomic E-state index is 6.36. The number of ether oxygens (including phenoxy) is 1. The van der Waals surface area contributed by atoms with E-state index in [1.165, 1.54) is 11.1 Å². The fourth-order valence-corrected chi connectivity index (χ4v) is 3.36. The average molecular weight is 386 g/mol. The first-order chi connectivity index (χ1) is 13.7. The summed E-state index contributed by atoms with van der Waals surface area (Å²) in [5, 5.41) is 0.600. The number of hydrogen-bond donors (Lipinski definition) is 1. The van der Waals surface area contributed by atoms with E-state index in [2.05, 4.69) is 36.4 Å². The molecule has 0 unspecified atom stereocenters. The molecule has 0 saturated carbocycles. The van der Waals surface area contributed by atoms with E-state index in [-0.39, 0.29) is 0 Å². The van der Waals surface area contributed by atoms with E-state index in [0.29, 0.717) is 23.1 Å². The maximum Gasteiger partial charge on any atom is 0.144 e. The number of rotatable bonds is 5. The van der Waals surface area contributed by atoms with Crippen LogP contribution in [0.15, 0.2) is 97.1 Å². The van der Waals surface area contributed by atoms with Gasteiger partial charge in [0.05, 0.1) is 5.69 Å². The van der Waals surface area contributed by atoms with Gasteiger partial charge in [0.25, 0.3) is 0 Å². The average Bonchev–Trinajstić information content (AvgIpc) is 2.76. The molecule has 0 atom stereocenters. The van der Waals surface area contributed by atoms with Crippen molar-refractivity contribution in [3.63, 3.8) is 0 Å². The second-order valence-corrected chi connectivity index (χ2v) is 7.02. The summed E-state index contributed by atoms with van der Waals surface area (Å²) in [5.74, 6) is 0.596. The molecule has 0 amide bonds. The van der Waals surface area contributed by atoms with Gasteiger partial charge in [0.1, 0.15) is 12.4 Å². The van der Waals surface area contributed by atoms with Crippen molar-refractivity contribution in [2.75, 3.05) is 5.73 Å². The summed E-state index contributed by atoms with van der Waals surface area (Å²) in [6, 6.07) is 32.2. The second-order valence-electron chi connectivity index (χ2n) is 6.58. The van der Waals surface area contributed by atoms with Crippen LogP contribution in [-0.4, -0.2) is 0 Å². The van der Waals surface area contributed by atoms with Crippen LogP contribution >= 0.6 is 11.6 Å². The molecular formula is C25H20ClNO. The molecule has 2 nitrogen and oxygen atoms in total. The van der Waals surface area contributed by atoms with E-state index in [4.69, 9.17) is 22.1 Å². The molecule has 2 N–H and O–H groups in total. The first-order valence-corrected chi connectivity index (χ1v) is 9.50. The lowest BCUT2D eigenvalue weighted by Crippen LogP contribution is -2.00. The highest BCUT2D eigenvalue weighted by Gasteiger charge is 2.11. The third-order valence-corrected chi connectivity index (χ3v) is 4.87. The van der Waals surface area contributed by atoms with E-state index in [1.54, 1.807) is 6.07 Å². The minimum atomic E-state index is 0.424. The fraction of sp³-hybridized carbons (Fsp3) is 0.0400. The summed E-state index contributed by atoms with van der Waals surface area (Å²) in [5.41, 5.74) is 12.3. The highest BCUT2D eigenvalue weighted by Crippen LogP contribution is 2.37. The molecule has 4 aromatic carbocycles. The van der Waals surface area contributed by atoms with E-state index in [9.17, 15) is 0 Å². The Bertz CT molecular complexity index is 1060. The SMILES string of the molecule is Nc1c(OCc2ccc(-c3ccccc3)cc2)cc(Cl)cc1-c1ccccc1. The molecule has 4 rings (SSSR count). The van der Waals surface area contributed by atoms with E-state index < -0.39 is 0 Å². The summed E-state index contributed by atoms with van der Waals surface area (Å²) in [6.45, 7) is 0.424. The van der Waals surface area contributed by atoms with Gasteiger partial charge in [-0.2, -0.15) is 0 Å². The molecular weight excluding hydrogens is 366 g/mol. The van der Waals surface area contributed by atoms with Crippen molar-refractivity contribution < 1.29 is 4.74 Å². The zero-order valence-electron chi connectivity index (χ0n) is 15.3. The molecule has 0 heterocycles. The molecule has 0 saturated heterocycles. The Balaban J connectivity index is 1.53. The van der Waals surface area contributed by atoms with Gasteiger partial charge in [-0.1, -0.05) is 96.5 Å². The standard InChI is InChI=1S/C25H20ClNO/c26-22-15-23(21-9-5-2-6-10-21)25(27)24(16-22)28-17-18-11-13-20(14-12-18)19-7-3-1-4-8-19/h1-16H,17,27H2. The first kappa shape index (κ1) is 18.1. The van der Waals surface area contributed by atoms with Gasteiger partial charge in [0, 0.05) is 16.7 Å². The van der Waals surface area contributed by atoms with Crippen LogP contribution in [0.1, 0.15) is 5.56 Å². The predicted molar refractivity (Wildman–Crippen MR) is 118 cm³/mol. The minimum absolute atomic E-state index is 0.424. The molecule has 138 valence electrons. The fourth-order valence-electron chi connectivity index (χ4n) is 3.15. The summed E-state index contributed by atoms with van der Waals surface area (Å²) < 4.78 is 6.00. The Hall–Kier alpha value is -3.23. The summed E-state index contributed by atoms with van der Waals surface area (Å²) in [6.07, 6.45) is 0. The number of nitrogens with two attached hydrogens (primary N) is 1. The van der Waals surface area contributed by atoms with Crippen molar-refractivity contribution in [1.82, 2.24) is 0 Å². The molecule has 0 aromatic heterocycles. The van der Waals surface area contributed by atoms with Crippen molar-refractivity contribution in [3.8, 4) is 28.0 Å². The number of benzene rings is 4. The lowest BCUT2D eigenvalue weighted by molar-refractivity contribution is 0.308. The Morgan fingerprint density at radius 3 is 1.89 bits per heavy atom. The molecule has 0 aliphatic carbocycles. The molecule has 28 heavy (non-hydrogen) atoms. The van der Waals surface area contributed by atoms with Crippen molar-refractivity contribution in [1.29, 1.82) is 0 Å². The van der Waals surface area contributed by atoms with Crippen molar-refractivity contribution in [2.45, 2.75) is 6.61 Å². The third-order valence-electron chi connectivity index (χ3n) is 4.65. The Morgan fingerprint density at radius 1 is 0.679 bits per heavy atom. The van der Waals surface area contributed by atoms with E-state index >= 15 is 0 Å². The molecule has 0 aliphatic rings. The van der Waals surface area contributed by atoms with Crippen molar-refractivity contribution in [3.05, 3.63) is 108 Å². The number of nitrogen functional groups attached to an aromatic ring is 1. The lowest BCUT2D eigenvalue weighted by atomic mass is 10.0. The monoisotopic (exact) mass is 385 g/mol. The van der Waals surface area contributed by atoms with E-state index in [0.717, 1.165) is 16.7 Å². The lowest BCUT2D eigenvalue weighted by Gasteiger charge is -2.14. The van der Waals surface area contributed by atoms with Crippen LogP contribution in [0.3, 0.4) is 0 Å². The normalized spacial score (nSPS) is 10.6. The van der Waals surface area contributed by atoms with Crippen LogP contribution in [-0.2, 0) is 6.61 Å². The molecule has 0 radical (unpaired) electrons. The smallest absolute Gasteiger partial charge is 0.144 e. The van der Waals surface area contributed by atoms with Crippen molar-refractivity contribution in [2.24, 2.45) is 0 Å². The second kappa shape index (κ2) is 8.20. The van der Waals surface area contributed by atoms with Crippen LogP contribution in [0, 0.1) is 0 Å². The topological polar surface area (TPSA) is 35.2 Å². The molecule has 0 bridgehead atoms. The predicted octanol–water partition coefficient (Wildman–Crippen LogP) is 6.84. The summed E-state index contributed by atoms with van der Waals surface area (Å²) in [7, 11) is 0.